The van der Waals surface area contributed by atoms with Gasteiger partial charge in [-0.25, -0.2) is 5.14 Å². The Kier molecular flexibility index (Phi) is 4.05. The molecule has 22 heavy (non-hydrogen) atoms. The highest BCUT2D eigenvalue weighted by Crippen LogP contribution is 2.28. The second-order valence-corrected chi connectivity index (χ2v) is 7.05. The topological polar surface area (TPSA) is 86.9 Å². The number of hydrogen-bond acceptors (Lipinski definition) is 4. The number of aromatic hydroxyl groups is 1. The van der Waals surface area contributed by atoms with Crippen molar-refractivity contribution in [2.45, 2.75) is 6.54 Å². The van der Waals surface area contributed by atoms with Crippen molar-refractivity contribution >= 4 is 21.0 Å². The first-order chi connectivity index (χ1) is 10.4. The molecule has 3 N–H and O–H groups in total. The van der Waals surface area contributed by atoms with Gasteiger partial charge in [0.2, 0.25) is 0 Å². The highest BCUT2D eigenvalue weighted by atomic mass is 32.2. The van der Waals surface area contributed by atoms with Crippen molar-refractivity contribution in [3.63, 3.8) is 0 Å². The van der Waals surface area contributed by atoms with Gasteiger partial charge in [-0.05, 0) is 16.8 Å². The van der Waals surface area contributed by atoms with Crippen LogP contribution in [0.4, 0.5) is 0 Å². The highest BCUT2D eigenvalue weighted by Gasteiger charge is 2.24. The van der Waals surface area contributed by atoms with Crippen molar-refractivity contribution in [3.05, 3.63) is 42.0 Å². The van der Waals surface area contributed by atoms with Crippen LogP contribution in [0.3, 0.4) is 0 Å². The molecule has 7 heteroatoms. The van der Waals surface area contributed by atoms with Gasteiger partial charge in [-0.1, -0.05) is 30.3 Å². The molecule has 1 aliphatic heterocycles. The van der Waals surface area contributed by atoms with Crippen molar-refractivity contribution in [2.75, 3.05) is 26.2 Å². The molecule has 118 valence electrons. The quantitative estimate of drug-likeness (QED) is 0.878. The van der Waals surface area contributed by atoms with Gasteiger partial charge in [-0.15, -0.1) is 0 Å². The molecule has 0 amide bonds. The largest absolute Gasteiger partial charge is 0.508 e. The maximum atomic E-state index is 11.3. The average molecular weight is 321 g/mol. The van der Waals surface area contributed by atoms with E-state index in [2.05, 4.69) is 4.90 Å². The van der Waals surface area contributed by atoms with Crippen LogP contribution in [0.5, 0.6) is 5.75 Å². The smallest absolute Gasteiger partial charge is 0.276 e. The molecular weight excluding hydrogens is 302 g/mol. The van der Waals surface area contributed by atoms with Crippen molar-refractivity contribution in [1.29, 1.82) is 0 Å². The van der Waals surface area contributed by atoms with E-state index in [1.807, 2.05) is 30.3 Å². The Balaban J connectivity index is 1.79. The summed E-state index contributed by atoms with van der Waals surface area (Å²) < 4.78 is 23.9. The zero-order valence-corrected chi connectivity index (χ0v) is 13.0. The summed E-state index contributed by atoms with van der Waals surface area (Å²) in [4.78, 5) is 2.13. The molecule has 2 aromatic carbocycles. The summed E-state index contributed by atoms with van der Waals surface area (Å²) in [6.45, 7) is 2.54. The predicted octanol–water partition coefficient (Wildman–Crippen LogP) is 0.867. The van der Waals surface area contributed by atoms with Gasteiger partial charge in [-0.2, -0.15) is 12.7 Å². The summed E-state index contributed by atoms with van der Waals surface area (Å²) >= 11 is 0. The summed E-state index contributed by atoms with van der Waals surface area (Å²) in [5.41, 5.74) is 0.877. The summed E-state index contributed by atoms with van der Waals surface area (Å²) in [5.74, 6) is 0.271. The minimum atomic E-state index is -3.61. The fraction of sp³-hybridized carbons (Fsp3) is 0.333. The number of phenols is 1. The van der Waals surface area contributed by atoms with E-state index in [-0.39, 0.29) is 5.75 Å². The van der Waals surface area contributed by atoms with Crippen LogP contribution < -0.4 is 5.14 Å². The van der Waals surface area contributed by atoms with Gasteiger partial charge >= 0.3 is 0 Å². The molecule has 1 fully saturated rings. The maximum Gasteiger partial charge on any atom is 0.276 e. The fourth-order valence-electron chi connectivity index (χ4n) is 2.86. The Morgan fingerprint density at radius 3 is 2.41 bits per heavy atom. The van der Waals surface area contributed by atoms with Crippen LogP contribution in [0.25, 0.3) is 10.8 Å². The van der Waals surface area contributed by atoms with Crippen LogP contribution in [-0.4, -0.2) is 48.9 Å². The number of fused-ring (bicyclic) bond motifs is 1. The lowest BCUT2D eigenvalue weighted by Gasteiger charge is -2.33. The molecule has 1 saturated heterocycles. The van der Waals surface area contributed by atoms with Gasteiger partial charge in [0.25, 0.3) is 10.2 Å². The summed E-state index contributed by atoms with van der Waals surface area (Å²) in [7, 11) is -3.61. The number of hydrogen-bond donors (Lipinski definition) is 2. The minimum absolute atomic E-state index is 0.271. The zero-order chi connectivity index (χ0) is 15.7. The second kappa shape index (κ2) is 5.85. The van der Waals surface area contributed by atoms with E-state index >= 15 is 0 Å². The molecule has 0 radical (unpaired) electrons. The molecule has 0 aliphatic carbocycles. The molecule has 0 bridgehead atoms. The monoisotopic (exact) mass is 321 g/mol. The van der Waals surface area contributed by atoms with E-state index in [4.69, 9.17) is 5.14 Å². The van der Waals surface area contributed by atoms with Crippen molar-refractivity contribution in [2.24, 2.45) is 5.14 Å². The number of benzene rings is 2. The van der Waals surface area contributed by atoms with E-state index in [0.717, 1.165) is 16.3 Å². The van der Waals surface area contributed by atoms with E-state index in [1.54, 1.807) is 6.07 Å². The van der Waals surface area contributed by atoms with Crippen LogP contribution in [0.2, 0.25) is 0 Å². The molecule has 6 nitrogen and oxygen atoms in total. The highest BCUT2D eigenvalue weighted by molar-refractivity contribution is 7.86. The Morgan fingerprint density at radius 1 is 1.05 bits per heavy atom. The summed E-state index contributed by atoms with van der Waals surface area (Å²) in [5, 5.41) is 17.4. The van der Waals surface area contributed by atoms with Crippen LogP contribution >= 0.6 is 0 Å². The Hall–Kier alpha value is -1.67. The van der Waals surface area contributed by atoms with Crippen LogP contribution in [0.1, 0.15) is 5.56 Å². The van der Waals surface area contributed by atoms with Crippen molar-refractivity contribution in [1.82, 2.24) is 9.21 Å². The summed E-state index contributed by atoms with van der Waals surface area (Å²) in [6.07, 6.45) is 0. The van der Waals surface area contributed by atoms with Crippen LogP contribution in [0.15, 0.2) is 36.4 Å². The normalized spacial score (nSPS) is 17.9. The fourth-order valence-corrected chi connectivity index (χ4v) is 3.53. The molecule has 0 saturated carbocycles. The van der Waals surface area contributed by atoms with Gasteiger partial charge in [0.05, 0.1) is 0 Å². The van der Waals surface area contributed by atoms with Gasteiger partial charge in [0.1, 0.15) is 5.75 Å². The van der Waals surface area contributed by atoms with E-state index in [1.165, 1.54) is 4.31 Å². The first-order valence-electron chi connectivity index (χ1n) is 7.15. The molecule has 3 rings (SSSR count). The lowest BCUT2D eigenvalue weighted by molar-refractivity contribution is 0.181. The predicted molar refractivity (Wildman–Crippen MR) is 85.6 cm³/mol. The second-order valence-electron chi connectivity index (χ2n) is 5.50. The van der Waals surface area contributed by atoms with Gasteiger partial charge in [0.15, 0.2) is 0 Å². The number of phenolic OH excluding ortho intramolecular Hbond substituents is 1. The van der Waals surface area contributed by atoms with Gasteiger partial charge in [-0.3, -0.25) is 4.90 Å². The molecular formula is C15H19N3O3S. The third-order valence-electron chi connectivity index (χ3n) is 4.09. The van der Waals surface area contributed by atoms with Crippen LogP contribution in [-0.2, 0) is 16.8 Å². The van der Waals surface area contributed by atoms with Crippen LogP contribution in [0, 0.1) is 0 Å². The third kappa shape index (κ3) is 3.07. The SMILES string of the molecule is NS(=O)(=O)N1CCN(Cc2c(O)ccc3ccccc23)CC1. The number of rotatable bonds is 3. The lowest BCUT2D eigenvalue weighted by Crippen LogP contribution is -2.50. The minimum Gasteiger partial charge on any atom is -0.508 e. The van der Waals surface area contributed by atoms with E-state index in [0.29, 0.717) is 32.7 Å². The Labute approximate surface area is 129 Å². The molecule has 1 heterocycles. The molecule has 0 aromatic heterocycles. The first-order valence-corrected chi connectivity index (χ1v) is 8.65. The maximum absolute atomic E-state index is 11.3. The van der Waals surface area contributed by atoms with Gasteiger partial charge < -0.3 is 5.11 Å². The number of nitrogens with zero attached hydrogens (tertiary/aromatic N) is 2. The lowest BCUT2D eigenvalue weighted by atomic mass is 10.0. The molecule has 0 unspecified atom stereocenters. The third-order valence-corrected chi connectivity index (χ3v) is 5.17. The number of piperazine rings is 1. The van der Waals surface area contributed by atoms with Gasteiger partial charge in [0, 0.05) is 38.3 Å². The molecule has 2 aromatic rings. The molecule has 0 spiro atoms. The molecule has 1 aliphatic rings. The van der Waals surface area contributed by atoms with Crippen molar-refractivity contribution in [3.8, 4) is 5.75 Å². The Morgan fingerprint density at radius 2 is 1.73 bits per heavy atom. The number of nitrogens with two attached hydrogens (primary N) is 1. The molecule has 0 atom stereocenters. The van der Waals surface area contributed by atoms with E-state index < -0.39 is 10.2 Å². The zero-order valence-electron chi connectivity index (χ0n) is 12.1. The van der Waals surface area contributed by atoms with Crippen molar-refractivity contribution < 1.29 is 13.5 Å². The summed E-state index contributed by atoms with van der Waals surface area (Å²) in [6, 6.07) is 11.5. The Bertz CT molecular complexity index is 784. The standard InChI is InChI=1S/C15H19N3O3S/c16-22(20,21)18-9-7-17(8-10-18)11-14-13-4-2-1-3-12(13)5-6-15(14)19/h1-6,19H,7-11H2,(H2,16,20,21). The van der Waals surface area contributed by atoms with E-state index in [9.17, 15) is 13.5 Å². The average Bonchev–Trinajstić information content (AvgIpc) is 2.50. The first kappa shape index (κ1) is 15.2.